The Morgan fingerprint density at radius 3 is 2.72 bits per heavy atom. The van der Waals surface area contributed by atoms with Crippen molar-refractivity contribution in [3.63, 3.8) is 0 Å². The minimum atomic E-state index is 0.196. The molecule has 2 fully saturated rings. The van der Waals surface area contributed by atoms with Crippen molar-refractivity contribution in [1.29, 1.82) is 0 Å². The molecule has 1 saturated carbocycles. The summed E-state index contributed by atoms with van der Waals surface area (Å²) in [6.07, 6.45) is 10.9. The molecule has 4 heteroatoms. The van der Waals surface area contributed by atoms with Gasteiger partial charge in [0.05, 0.1) is 5.92 Å². The van der Waals surface area contributed by atoms with Gasteiger partial charge in [-0.25, -0.2) is 0 Å². The fraction of sp³-hybridized carbons (Fsp3) is 0.929. The van der Waals surface area contributed by atoms with E-state index >= 15 is 0 Å². The van der Waals surface area contributed by atoms with E-state index in [9.17, 15) is 4.79 Å². The lowest BCUT2D eigenvalue weighted by Gasteiger charge is -2.36. The molecule has 1 saturated heterocycles. The molecule has 0 aromatic heterocycles. The van der Waals surface area contributed by atoms with E-state index in [0.29, 0.717) is 4.75 Å². The van der Waals surface area contributed by atoms with Gasteiger partial charge in [0.15, 0.2) is 0 Å². The van der Waals surface area contributed by atoms with Crippen molar-refractivity contribution in [2.45, 2.75) is 49.7 Å². The van der Waals surface area contributed by atoms with Crippen molar-refractivity contribution in [2.75, 3.05) is 25.9 Å². The van der Waals surface area contributed by atoms with Gasteiger partial charge in [-0.15, -0.1) is 0 Å². The van der Waals surface area contributed by atoms with Crippen LogP contribution in [0.2, 0.25) is 0 Å². The molecule has 1 aliphatic carbocycles. The van der Waals surface area contributed by atoms with Gasteiger partial charge in [0, 0.05) is 17.8 Å². The van der Waals surface area contributed by atoms with Crippen molar-refractivity contribution in [2.24, 2.45) is 5.92 Å². The highest BCUT2D eigenvalue weighted by Gasteiger charge is 2.32. The largest absolute Gasteiger partial charge is 0.354 e. The van der Waals surface area contributed by atoms with Crippen LogP contribution in [0.1, 0.15) is 44.9 Å². The monoisotopic (exact) mass is 270 g/mol. The average Bonchev–Trinajstić information content (AvgIpc) is 2.47. The zero-order valence-corrected chi connectivity index (χ0v) is 12.3. The Balaban J connectivity index is 1.79. The smallest absolute Gasteiger partial charge is 0.224 e. The van der Waals surface area contributed by atoms with Crippen molar-refractivity contribution in [3.8, 4) is 0 Å². The predicted octanol–water partition coefficient (Wildman–Crippen LogP) is 2.17. The van der Waals surface area contributed by atoms with Gasteiger partial charge in [0.2, 0.25) is 5.91 Å². The van der Waals surface area contributed by atoms with E-state index in [1.165, 1.54) is 32.1 Å². The summed E-state index contributed by atoms with van der Waals surface area (Å²) in [5.41, 5.74) is 0. The molecule has 0 spiro atoms. The maximum atomic E-state index is 12.1. The quantitative estimate of drug-likeness (QED) is 0.822. The molecule has 104 valence electrons. The lowest BCUT2D eigenvalue weighted by atomic mass is 9.88. The van der Waals surface area contributed by atoms with E-state index < -0.39 is 0 Å². The summed E-state index contributed by atoms with van der Waals surface area (Å²) in [6, 6.07) is 0. The highest BCUT2D eigenvalue weighted by atomic mass is 32.2. The number of carbonyl (C=O) groups is 1. The third-order valence-corrected chi connectivity index (χ3v) is 5.87. The summed E-state index contributed by atoms with van der Waals surface area (Å²) >= 11 is 1.95. The molecule has 0 aromatic carbocycles. The van der Waals surface area contributed by atoms with E-state index in [2.05, 4.69) is 16.9 Å². The SMILES string of the molecule is CSC1(CNC(=O)[C@H]2CCCNC2)CCCCC1. The number of thioether (sulfide) groups is 1. The molecule has 0 aromatic rings. The third-order valence-electron chi connectivity index (χ3n) is 4.45. The first kappa shape index (κ1) is 14.2. The maximum absolute atomic E-state index is 12.1. The minimum absolute atomic E-state index is 0.196. The zero-order valence-electron chi connectivity index (χ0n) is 11.5. The summed E-state index contributed by atoms with van der Waals surface area (Å²) in [5, 5.41) is 6.53. The van der Waals surface area contributed by atoms with E-state index in [1.54, 1.807) is 0 Å². The molecule has 2 rings (SSSR count). The molecule has 1 heterocycles. The Bertz CT molecular complexity index is 271. The predicted molar refractivity (Wildman–Crippen MR) is 77.9 cm³/mol. The second-order valence-corrected chi connectivity index (χ2v) is 6.98. The van der Waals surface area contributed by atoms with Crippen molar-refractivity contribution >= 4 is 17.7 Å². The molecule has 2 N–H and O–H groups in total. The lowest BCUT2D eigenvalue weighted by Crippen LogP contribution is -2.46. The Morgan fingerprint density at radius 1 is 1.33 bits per heavy atom. The van der Waals surface area contributed by atoms with E-state index in [1.807, 2.05) is 11.8 Å². The third kappa shape index (κ3) is 3.64. The van der Waals surface area contributed by atoms with E-state index in [-0.39, 0.29) is 11.8 Å². The Kier molecular flexibility index (Phi) is 5.37. The first-order valence-electron chi connectivity index (χ1n) is 7.29. The Labute approximate surface area is 115 Å². The number of amides is 1. The molecule has 3 nitrogen and oxygen atoms in total. The summed E-state index contributed by atoms with van der Waals surface area (Å²) in [5.74, 6) is 0.461. The fourth-order valence-electron chi connectivity index (χ4n) is 3.12. The number of hydrogen-bond acceptors (Lipinski definition) is 3. The molecule has 1 amide bonds. The summed E-state index contributed by atoms with van der Waals surface area (Å²) < 4.78 is 0.315. The fourth-order valence-corrected chi connectivity index (χ4v) is 4.03. The second kappa shape index (κ2) is 6.80. The molecule has 1 atom stereocenters. The van der Waals surface area contributed by atoms with Gasteiger partial charge in [-0.3, -0.25) is 4.79 Å². The number of hydrogen-bond donors (Lipinski definition) is 2. The van der Waals surface area contributed by atoms with E-state index in [0.717, 1.165) is 32.5 Å². The standard InChI is InChI=1S/C14H26N2OS/c1-18-14(7-3-2-4-8-14)11-16-13(17)12-6-5-9-15-10-12/h12,15H,2-11H2,1H3,(H,16,17)/t12-/m0/s1. The van der Waals surface area contributed by atoms with Crippen LogP contribution in [-0.2, 0) is 4.79 Å². The van der Waals surface area contributed by atoms with Crippen molar-refractivity contribution in [3.05, 3.63) is 0 Å². The Morgan fingerprint density at radius 2 is 2.11 bits per heavy atom. The van der Waals surface area contributed by atoms with Crippen LogP contribution in [0.4, 0.5) is 0 Å². The first-order valence-corrected chi connectivity index (χ1v) is 8.52. The van der Waals surface area contributed by atoms with Gasteiger partial charge in [0.1, 0.15) is 0 Å². The first-order chi connectivity index (χ1) is 8.76. The molecular formula is C14H26N2OS. The van der Waals surface area contributed by atoms with Crippen LogP contribution in [0.25, 0.3) is 0 Å². The summed E-state index contributed by atoms with van der Waals surface area (Å²) in [7, 11) is 0. The van der Waals surface area contributed by atoms with Crippen LogP contribution < -0.4 is 10.6 Å². The number of nitrogens with one attached hydrogen (secondary N) is 2. The normalized spacial score (nSPS) is 27.7. The van der Waals surface area contributed by atoms with Gasteiger partial charge in [0.25, 0.3) is 0 Å². The summed E-state index contributed by atoms with van der Waals surface area (Å²) in [4.78, 5) is 12.1. The molecule has 0 radical (unpaired) electrons. The van der Waals surface area contributed by atoms with Crippen LogP contribution in [-0.4, -0.2) is 36.5 Å². The minimum Gasteiger partial charge on any atom is -0.354 e. The van der Waals surface area contributed by atoms with Crippen LogP contribution in [0.15, 0.2) is 0 Å². The van der Waals surface area contributed by atoms with Gasteiger partial charge in [-0.2, -0.15) is 11.8 Å². The zero-order chi connectivity index (χ0) is 12.8. The van der Waals surface area contributed by atoms with Gasteiger partial charge < -0.3 is 10.6 Å². The van der Waals surface area contributed by atoms with Crippen LogP contribution >= 0.6 is 11.8 Å². The topological polar surface area (TPSA) is 41.1 Å². The van der Waals surface area contributed by atoms with Gasteiger partial charge >= 0.3 is 0 Å². The van der Waals surface area contributed by atoms with Gasteiger partial charge in [-0.1, -0.05) is 19.3 Å². The summed E-state index contributed by atoms with van der Waals surface area (Å²) in [6.45, 7) is 2.79. The number of rotatable bonds is 4. The average molecular weight is 270 g/mol. The molecule has 1 aliphatic heterocycles. The molecular weight excluding hydrogens is 244 g/mol. The number of carbonyl (C=O) groups excluding carboxylic acids is 1. The highest BCUT2D eigenvalue weighted by molar-refractivity contribution is 8.00. The maximum Gasteiger partial charge on any atom is 0.224 e. The van der Waals surface area contributed by atoms with Crippen LogP contribution in [0, 0.1) is 5.92 Å². The molecule has 18 heavy (non-hydrogen) atoms. The second-order valence-electron chi connectivity index (χ2n) is 5.71. The highest BCUT2D eigenvalue weighted by Crippen LogP contribution is 2.38. The Hall–Kier alpha value is -0.220. The van der Waals surface area contributed by atoms with Crippen LogP contribution in [0.3, 0.4) is 0 Å². The van der Waals surface area contributed by atoms with Gasteiger partial charge in [-0.05, 0) is 38.5 Å². The molecule has 0 bridgehead atoms. The number of piperidine rings is 1. The van der Waals surface area contributed by atoms with Crippen molar-refractivity contribution in [1.82, 2.24) is 10.6 Å². The van der Waals surface area contributed by atoms with Crippen LogP contribution in [0.5, 0.6) is 0 Å². The van der Waals surface area contributed by atoms with Crippen molar-refractivity contribution < 1.29 is 4.79 Å². The molecule has 2 aliphatic rings. The van der Waals surface area contributed by atoms with E-state index in [4.69, 9.17) is 0 Å². The lowest BCUT2D eigenvalue weighted by molar-refractivity contribution is -0.125. The molecule has 0 unspecified atom stereocenters.